The number of carbonyl (C=O) groups is 8. The monoisotopic (exact) mass is 1190 g/mol. The van der Waals surface area contributed by atoms with Gasteiger partial charge in [0.1, 0.15) is 29.9 Å². The molecule has 7 amide bonds. The highest BCUT2D eigenvalue weighted by Gasteiger charge is 2.46. The fraction of sp³-hybridized carbons (Fsp3) is 0.483. The van der Waals surface area contributed by atoms with Crippen LogP contribution in [0.4, 0.5) is 5.69 Å². The molecule has 450 valence electrons. The number of aromatic amines is 1. The Morgan fingerprint density at radius 3 is 2.30 bits per heavy atom. The molecule has 0 bridgehead atoms. The predicted molar refractivity (Wildman–Crippen MR) is 315 cm³/mol. The van der Waals surface area contributed by atoms with Crippen LogP contribution in [0.2, 0.25) is 0 Å². The summed E-state index contributed by atoms with van der Waals surface area (Å²) in [6.45, 7) is 8.26. The molecule has 22 nitrogen and oxygen atoms in total. The van der Waals surface area contributed by atoms with Crippen LogP contribution in [0.25, 0.3) is 21.3 Å². The van der Waals surface area contributed by atoms with Gasteiger partial charge in [0.15, 0.2) is 0 Å². The Morgan fingerprint density at radius 1 is 0.893 bits per heavy atom. The molecule has 2 aromatic heterocycles. The van der Waals surface area contributed by atoms with E-state index in [1.165, 1.54) is 34.1 Å². The van der Waals surface area contributed by atoms with Crippen LogP contribution in [-0.4, -0.2) is 133 Å². The van der Waals surface area contributed by atoms with E-state index in [1.807, 2.05) is 70.2 Å². The zero-order valence-electron chi connectivity index (χ0n) is 47.8. The molecule has 0 spiro atoms. The third kappa shape index (κ3) is 15.8. The van der Waals surface area contributed by atoms with Gasteiger partial charge in [-0.1, -0.05) is 95.3 Å². The Labute approximate surface area is 491 Å². The zero-order chi connectivity index (χ0) is 60.5. The van der Waals surface area contributed by atoms with Crippen molar-refractivity contribution in [2.45, 2.75) is 160 Å². The number of primary amides is 1. The third-order valence-electron chi connectivity index (χ3n) is 15.7. The van der Waals surface area contributed by atoms with Crippen molar-refractivity contribution in [3.8, 4) is 10.4 Å². The van der Waals surface area contributed by atoms with Crippen molar-refractivity contribution < 1.29 is 62.6 Å². The molecule has 10 N–H and O–H groups in total. The number of fused-ring (bicyclic) bond motifs is 1. The lowest BCUT2D eigenvalue weighted by Crippen LogP contribution is -2.57. The molecule has 6 atom stereocenters. The minimum atomic E-state index is -5.04. The number of nitrogens with two attached hydrogens (primary N) is 1. The third-order valence-corrected chi connectivity index (χ3v) is 17.5. The predicted octanol–water partition coefficient (Wildman–Crippen LogP) is 5.62. The van der Waals surface area contributed by atoms with Crippen LogP contribution >= 0.6 is 18.9 Å². The number of H-pyrrole nitrogens is 1. The van der Waals surface area contributed by atoms with Crippen LogP contribution in [0.3, 0.4) is 0 Å². The molecule has 5 aromatic rings. The van der Waals surface area contributed by atoms with E-state index in [0.29, 0.717) is 36.0 Å². The van der Waals surface area contributed by atoms with Gasteiger partial charge in [-0.15, -0.1) is 11.3 Å². The van der Waals surface area contributed by atoms with Gasteiger partial charge in [0.2, 0.25) is 35.4 Å². The molecule has 1 saturated heterocycles. The highest BCUT2D eigenvalue weighted by atomic mass is 32.1. The number of carbonyl (C=O) groups excluding carboxylic acids is 8. The molecule has 0 saturated carbocycles. The normalized spacial score (nSPS) is 18.4. The summed E-state index contributed by atoms with van der Waals surface area (Å²) in [5, 5.41) is 22.7. The number of anilines is 1. The summed E-state index contributed by atoms with van der Waals surface area (Å²) in [6, 6.07) is 14.4. The van der Waals surface area contributed by atoms with Crippen LogP contribution < -0.4 is 31.9 Å². The summed E-state index contributed by atoms with van der Waals surface area (Å²) in [4.78, 5) is 137. The molecule has 24 heteroatoms. The smallest absolute Gasteiger partial charge is 0.391 e. The first-order valence-corrected chi connectivity index (χ1v) is 31.1. The van der Waals surface area contributed by atoms with E-state index in [4.69, 9.17) is 10.5 Å². The molecule has 5 heterocycles. The zero-order valence-corrected chi connectivity index (χ0v) is 49.5. The van der Waals surface area contributed by atoms with Crippen LogP contribution in [0.15, 0.2) is 72.2 Å². The van der Waals surface area contributed by atoms with Gasteiger partial charge in [-0.05, 0) is 91.0 Å². The average Bonchev–Trinajstić information content (AvgIpc) is 3.96. The van der Waals surface area contributed by atoms with Crippen molar-refractivity contribution in [2.75, 3.05) is 24.7 Å². The Balaban J connectivity index is 0.748. The Kier molecular flexibility index (Phi) is 20.7. The number of nitrogens with one attached hydrogen (secondary N) is 5. The van der Waals surface area contributed by atoms with Gasteiger partial charge in [-0.3, -0.25) is 47.8 Å². The first-order chi connectivity index (χ1) is 40.0. The number of amides is 7. The van der Waals surface area contributed by atoms with E-state index >= 15 is 0 Å². The number of aliphatic hydroxyl groups excluding tert-OH is 1. The molecule has 1 fully saturated rings. The minimum Gasteiger partial charge on any atom is -0.391 e. The SMILES string of the molecule is Cc1ncsc1-c1ccc(CNC(=O)[C@@H]2C[C@@H](O)CN2C(=O)C(NC(=O)CCCCCCCCCOC[C@H](CCC(N)=O)NC(=O)[C@@H]2Cc3cccc4c3N2C(=O)[C@@H](NC(=O)c2cc3cc(C(=O)P(=O)(O)O)ccc3[nH]2)CC4)C(C)(C)C)cc1. The number of hydrogen-bond acceptors (Lipinski definition) is 13. The van der Waals surface area contributed by atoms with Gasteiger partial charge < -0.3 is 56.5 Å². The second kappa shape index (κ2) is 27.7. The largest absolute Gasteiger partial charge is 0.396 e. The number of aliphatic hydroxyl groups is 1. The Morgan fingerprint density at radius 2 is 1.61 bits per heavy atom. The quantitative estimate of drug-likeness (QED) is 0.0228. The number of nitrogens with zero attached hydrogens (tertiary/aromatic N) is 3. The van der Waals surface area contributed by atoms with Crippen LogP contribution in [0.1, 0.15) is 141 Å². The second-order valence-corrected chi connectivity index (χ2v) is 25.6. The van der Waals surface area contributed by atoms with E-state index in [9.17, 15) is 57.8 Å². The van der Waals surface area contributed by atoms with Gasteiger partial charge in [-0.2, -0.15) is 0 Å². The summed E-state index contributed by atoms with van der Waals surface area (Å²) < 4.78 is 17.6. The van der Waals surface area contributed by atoms with Crippen molar-refractivity contribution in [3.63, 3.8) is 0 Å². The first kappa shape index (κ1) is 62.9. The van der Waals surface area contributed by atoms with E-state index in [-0.39, 0.29) is 81.3 Å². The standard InChI is InChI=1S/C60H76N9O13PS/c1-35-52(84-34-63-35)38-18-16-36(17-19-38)31-62-55(74)47-30-43(70)32-68(47)58(77)53(60(2,3)4)67-50(72)15-10-8-6-5-7-9-11-26-82-33-42(22-25-49(61)71)64-56(75)48-29-39-14-12-13-37-20-24-45(57(76)69(48)51(37)39)66-54(73)46-28-41-27-40(21-23-44(41)65-46)59(78)83(79,80)81/h12-14,16-19,21,23,27-28,34,42-43,45,47-48,53,65,70H,5-11,15,20,22,24-26,29-33H2,1-4H3,(H2,61,71)(H,62,74)(H,64,75)(H,66,73)(H,67,72)(H2,79,80,81)/t42-,43+,45-,47-,48-,53?/m0/s1. The van der Waals surface area contributed by atoms with Crippen molar-refractivity contribution in [1.29, 1.82) is 0 Å². The highest BCUT2D eigenvalue weighted by molar-refractivity contribution is 7.70. The van der Waals surface area contributed by atoms with Crippen molar-refractivity contribution in [2.24, 2.45) is 11.1 Å². The van der Waals surface area contributed by atoms with Crippen molar-refractivity contribution >= 4 is 82.4 Å². The number of benzene rings is 3. The molecular formula is C60H76N9O13PS. The van der Waals surface area contributed by atoms with E-state index in [2.05, 4.69) is 31.2 Å². The average molecular weight is 1190 g/mol. The molecule has 0 radical (unpaired) electrons. The van der Waals surface area contributed by atoms with Gasteiger partial charge in [0.25, 0.3) is 11.4 Å². The highest BCUT2D eigenvalue weighted by Crippen LogP contribution is 2.41. The molecule has 84 heavy (non-hydrogen) atoms. The first-order valence-electron chi connectivity index (χ1n) is 28.7. The van der Waals surface area contributed by atoms with E-state index in [1.54, 1.807) is 16.8 Å². The molecule has 0 aliphatic carbocycles. The van der Waals surface area contributed by atoms with Gasteiger partial charge in [0, 0.05) is 61.8 Å². The van der Waals surface area contributed by atoms with Crippen molar-refractivity contribution in [3.05, 3.63) is 106 Å². The number of rotatable bonds is 27. The number of aryl methyl sites for hydroxylation is 2. The summed E-state index contributed by atoms with van der Waals surface area (Å²) in [5.74, 6) is -3.16. The number of β-amino-alcohol motifs (C(OH)–C–C–N with tert-alkyl or cyclic N) is 1. The number of thiazole rings is 1. The van der Waals surface area contributed by atoms with E-state index < -0.39 is 84.4 Å². The number of aromatic nitrogens is 2. The maximum atomic E-state index is 14.4. The summed E-state index contributed by atoms with van der Waals surface area (Å²) >= 11 is 1.56. The van der Waals surface area contributed by atoms with Crippen LogP contribution in [-0.2, 0) is 57.5 Å². The lowest BCUT2D eigenvalue weighted by Gasteiger charge is -2.35. The molecule has 3 aliphatic rings. The molecular weight excluding hydrogens is 1120 g/mol. The van der Waals surface area contributed by atoms with Crippen LogP contribution in [0.5, 0.6) is 0 Å². The lowest BCUT2D eigenvalue weighted by atomic mass is 9.85. The summed E-state index contributed by atoms with van der Waals surface area (Å²) in [7, 11) is -5.04. The maximum absolute atomic E-state index is 14.4. The minimum absolute atomic E-state index is 0.0109. The van der Waals surface area contributed by atoms with Crippen molar-refractivity contribution in [1.82, 2.24) is 36.1 Å². The lowest BCUT2D eigenvalue weighted by molar-refractivity contribution is -0.144. The maximum Gasteiger partial charge on any atom is 0.396 e. The Hall–Kier alpha value is -7.14. The fourth-order valence-electron chi connectivity index (χ4n) is 11.2. The number of ether oxygens (including phenoxy) is 1. The summed E-state index contributed by atoms with van der Waals surface area (Å²) in [5.41, 5.74) is 10.7. The second-order valence-electron chi connectivity index (χ2n) is 23.2. The van der Waals surface area contributed by atoms with Gasteiger partial charge in [0.05, 0.1) is 40.5 Å². The molecule has 1 unspecified atom stereocenters. The fourth-order valence-corrected chi connectivity index (χ4v) is 12.5. The molecule has 3 aliphatic heterocycles. The van der Waals surface area contributed by atoms with Crippen LogP contribution in [0, 0.1) is 12.3 Å². The van der Waals surface area contributed by atoms with E-state index in [0.717, 1.165) is 71.3 Å². The topological polar surface area (TPSA) is 333 Å². The summed E-state index contributed by atoms with van der Waals surface area (Å²) in [6.07, 6.45) is 6.32. The van der Waals surface area contributed by atoms with Gasteiger partial charge in [-0.25, -0.2) is 4.98 Å². The number of likely N-dealkylation sites (tertiary alicyclic amines) is 1. The Bertz CT molecular complexity index is 3300. The van der Waals surface area contributed by atoms with Gasteiger partial charge >= 0.3 is 7.60 Å². The molecule has 3 aromatic carbocycles. The molecule has 8 rings (SSSR count). The number of hydrogen-bond donors (Lipinski definition) is 9. The number of para-hydroxylation sites is 1. The number of unbranched alkanes of at least 4 members (excludes halogenated alkanes) is 6.